The Kier molecular flexibility index (Phi) is 8.57. The van der Waals surface area contributed by atoms with E-state index in [-0.39, 0.29) is 17.7 Å². The zero-order chi connectivity index (χ0) is 26.7. The fourth-order valence-electron chi connectivity index (χ4n) is 4.89. The van der Waals surface area contributed by atoms with Crippen molar-refractivity contribution in [3.05, 3.63) is 105 Å². The second kappa shape index (κ2) is 11.7. The lowest BCUT2D eigenvalue weighted by Crippen LogP contribution is -2.32. The van der Waals surface area contributed by atoms with Gasteiger partial charge in [-0.05, 0) is 54.8 Å². The molecule has 0 unspecified atom stereocenters. The number of carbonyl (C=O) groups is 1. The molecule has 194 valence electrons. The molecule has 0 aliphatic carbocycles. The Morgan fingerprint density at radius 1 is 1.16 bits per heavy atom. The molecule has 1 aliphatic heterocycles. The first kappa shape index (κ1) is 27.2. The Balaban J connectivity index is 1.87. The number of benzene rings is 3. The summed E-state index contributed by atoms with van der Waals surface area (Å²) in [6, 6.07) is 17.4. The van der Waals surface area contributed by atoms with Crippen LogP contribution in [0.5, 0.6) is 11.5 Å². The van der Waals surface area contributed by atoms with Gasteiger partial charge in [0.2, 0.25) is 0 Å². The van der Waals surface area contributed by atoms with E-state index < -0.39 is 24.8 Å². The maximum Gasteiger partial charge on any atom is 0.341 e. The van der Waals surface area contributed by atoms with E-state index in [1.165, 1.54) is 19.2 Å². The van der Waals surface area contributed by atoms with Crippen molar-refractivity contribution in [2.45, 2.75) is 31.5 Å². The van der Waals surface area contributed by atoms with Crippen molar-refractivity contribution >= 4 is 33.5 Å². The van der Waals surface area contributed by atoms with Crippen LogP contribution in [0.2, 0.25) is 5.02 Å². The number of ether oxygens (including phenoxy) is 3. The summed E-state index contributed by atoms with van der Waals surface area (Å²) in [6.45, 7) is 5.64. The van der Waals surface area contributed by atoms with Crippen molar-refractivity contribution in [3.8, 4) is 11.5 Å². The number of methoxy groups -OCH3 is 1. The van der Waals surface area contributed by atoms with Gasteiger partial charge in [-0.15, -0.1) is 0 Å². The lowest BCUT2D eigenvalue weighted by atomic mass is 9.74. The minimum atomic E-state index is -1.11. The summed E-state index contributed by atoms with van der Waals surface area (Å²) in [7, 11) is 1.49. The summed E-state index contributed by atoms with van der Waals surface area (Å²) < 4.78 is 32.6. The fraction of sp³-hybridized carbons (Fsp3) is 0.276. The maximum absolute atomic E-state index is 13.8. The lowest BCUT2D eigenvalue weighted by Gasteiger charge is -2.43. The van der Waals surface area contributed by atoms with Crippen molar-refractivity contribution in [2.75, 3.05) is 13.7 Å². The average molecular weight is 590 g/mol. The van der Waals surface area contributed by atoms with Crippen molar-refractivity contribution < 1.29 is 28.5 Å². The third kappa shape index (κ3) is 6.00. The summed E-state index contributed by atoms with van der Waals surface area (Å²) in [4.78, 5) is 11.3. The third-order valence-corrected chi connectivity index (χ3v) is 7.39. The number of halogens is 3. The van der Waals surface area contributed by atoms with Gasteiger partial charge in [0, 0.05) is 26.9 Å². The Hall–Kier alpha value is -2.87. The largest absolute Gasteiger partial charge is 0.493 e. The zero-order valence-electron chi connectivity index (χ0n) is 20.4. The first-order valence-corrected chi connectivity index (χ1v) is 12.9. The first-order chi connectivity index (χ1) is 17.7. The molecule has 1 heterocycles. The van der Waals surface area contributed by atoms with E-state index in [4.69, 9.17) is 25.8 Å². The van der Waals surface area contributed by atoms with Gasteiger partial charge in [-0.25, -0.2) is 9.18 Å². The third-order valence-electron chi connectivity index (χ3n) is 6.58. The van der Waals surface area contributed by atoms with E-state index in [0.717, 1.165) is 21.2 Å². The number of hydrogen-bond acceptors (Lipinski definition) is 4. The highest BCUT2D eigenvalue weighted by Crippen LogP contribution is 2.55. The molecule has 0 aromatic heterocycles. The van der Waals surface area contributed by atoms with Crippen LogP contribution < -0.4 is 9.47 Å². The molecule has 1 aliphatic rings. The van der Waals surface area contributed by atoms with Gasteiger partial charge >= 0.3 is 5.97 Å². The van der Waals surface area contributed by atoms with Gasteiger partial charge in [-0.1, -0.05) is 70.0 Å². The minimum absolute atomic E-state index is 0.144. The van der Waals surface area contributed by atoms with Crippen LogP contribution in [0, 0.1) is 11.7 Å². The van der Waals surface area contributed by atoms with Gasteiger partial charge in [0.25, 0.3) is 0 Å². The Morgan fingerprint density at radius 3 is 2.49 bits per heavy atom. The monoisotopic (exact) mass is 588 g/mol. The molecule has 0 bridgehead atoms. The molecule has 3 aromatic carbocycles. The number of aliphatic carboxylic acids is 1. The van der Waals surface area contributed by atoms with Crippen LogP contribution in [-0.2, 0) is 9.53 Å². The highest BCUT2D eigenvalue weighted by molar-refractivity contribution is 9.10. The highest BCUT2D eigenvalue weighted by atomic mass is 79.9. The highest BCUT2D eigenvalue weighted by Gasteiger charge is 2.42. The van der Waals surface area contributed by atoms with Crippen molar-refractivity contribution in [3.63, 3.8) is 0 Å². The van der Waals surface area contributed by atoms with Crippen LogP contribution in [0.15, 0.2) is 77.3 Å². The zero-order valence-corrected chi connectivity index (χ0v) is 22.8. The number of carboxylic acid groups (broad SMARTS) is 1. The molecule has 0 spiro atoms. The summed E-state index contributed by atoms with van der Waals surface area (Å²) in [6.07, 6.45) is -0.390. The van der Waals surface area contributed by atoms with Crippen LogP contribution in [0.4, 0.5) is 4.39 Å². The Bertz CT molecular complexity index is 1300. The van der Waals surface area contributed by atoms with Crippen molar-refractivity contribution in [1.82, 2.24) is 0 Å². The molecule has 8 heteroatoms. The lowest BCUT2D eigenvalue weighted by molar-refractivity contribution is -0.139. The number of hydrogen-bond donors (Lipinski definition) is 1. The van der Waals surface area contributed by atoms with E-state index >= 15 is 0 Å². The smallest absolute Gasteiger partial charge is 0.341 e. The Morgan fingerprint density at radius 2 is 1.86 bits per heavy atom. The van der Waals surface area contributed by atoms with Gasteiger partial charge in [0.1, 0.15) is 5.82 Å². The molecule has 0 amide bonds. The first-order valence-electron chi connectivity index (χ1n) is 11.7. The molecule has 1 N–H and O–H groups in total. The average Bonchev–Trinajstić information content (AvgIpc) is 2.87. The second-order valence-electron chi connectivity index (χ2n) is 9.05. The molecule has 1 saturated heterocycles. The normalized spacial score (nSPS) is 21.3. The van der Waals surface area contributed by atoms with Crippen LogP contribution >= 0.6 is 27.5 Å². The molecular weight excluding hydrogens is 563 g/mol. The van der Waals surface area contributed by atoms with Crippen LogP contribution in [-0.4, -0.2) is 24.8 Å². The van der Waals surface area contributed by atoms with Crippen LogP contribution in [0.25, 0.3) is 0 Å². The van der Waals surface area contributed by atoms with Gasteiger partial charge in [-0.3, -0.25) is 0 Å². The quantitative estimate of drug-likeness (QED) is 0.271. The Labute approximate surface area is 228 Å². The summed E-state index contributed by atoms with van der Waals surface area (Å²) in [5, 5.41) is 9.89. The SMILES string of the molecule is C=C(C)[C@H]1C[C@H](c2ccccc2Cl)[C@H](c2ccc(F)cc2)O[C@@H]1c1cc(Br)cc(OC)c1OCC(=O)O. The summed E-state index contributed by atoms with van der Waals surface area (Å²) >= 11 is 10.2. The van der Waals surface area contributed by atoms with Crippen molar-refractivity contribution in [1.29, 1.82) is 0 Å². The molecule has 5 nitrogen and oxygen atoms in total. The van der Waals surface area contributed by atoms with E-state index in [9.17, 15) is 14.3 Å². The fourth-order valence-corrected chi connectivity index (χ4v) is 5.62. The van der Waals surface area contributed by atoms with E-state index in [1.807, 2.05) is 37.3 Å². The second-order valence-corrected chi connectivity index (χ2v) is 10.4. The van der Waals surface area contributed by atoms with Gasteiger partial charge < -0.3 is 19.3 Å². The molecule has 0 saturated carbocycles. The van der Waals surface area contributed by atoms with Gasteiger partial charge in [0.15, 0.2) is 18.1 Å². The van der Waals surface area contributed by atoms with E-state index in [0.29, 0.717) is 28.5 Å². The van der Waals surface area contributed by atoms with E-state index in [2.05, 4.69) is 22.5 Å². The van der Waals surface area contributed by atoms with E-state index in [1.54, 1.807) is 18.2 Å². The molecule has 3 aromatic rings. The predicted octanol–water partition coefficient (Wildman–Crippen LogP) is 7.89. The molecule has 1 fully saturated rings. The molecular formula is C29H27BrClFO5. The molecule has 4 rings (SSSR count). The van der Waals surface area contributed by atoms with Gasteiger partial charge in [-0.2, -0.15) is 0 Å². The summed E-state index contributed by atoms with van der Waals surface area (Å²) in [5.74, 6) is -1.09. The predicted molar refractivity (Wildman–Crippen MR) is 144 cm³/mol. The maximum atomic E-state index is 13.8. The molecule has 0 radical (unpaired) electrons. The number of carboxylic acids is 1. The topological polar surface area (TPSA) is 65.0 Å². The molecule has 4 atom stereocenters. The van der Waals surface area contributed by atoms with Crippen LogP contribution in [0.1, 0.15) is 48.2 Å². The minimum Gasteiger partial charge on any atom is -0.493 e. The van der Waals surface area contributed by atoms with Gasteiger partial charge in [0.05, 0.1) is 19.3 Å². The number of rotatable bonds is 8. The summed E-state index contributed by atoms with van der Waals surface area (Å²) in [5.41, 5.74) is 3.25. The van der Waals surface area contributed by atoms with Crippen molar-refractivity contribution in [2.24, 2.45) is 5.92 Å². The molecule has 37 heavy (non-hydrogen) atoms. The van der Waals surface area contributed by atoms with Crippen LogP contribution in [0.3, 0.4) is 0 Å². The standard InChI is InChI=1S/C29H27BrClFO5/c1-16(2)21-14-22(20-6-4-5-7-24(20)31)27(17-8-10-19(32)11-9-17)37-28(21)23-12-18(30)13-25(35-3)29(23)36-15-26(33)34/h4-13,21-22,27-28H,1,14-15H2,2-3H3,(H,33,34)/t21-,22-,27+,28+/m1/s1.